The van der Waals surface area contributed by atoms with Gasteiger partial charge in [0.2, 0.25) is 15.9 Å². The fraction of sp³-hybridized carbons (Fsp3) is 0.333. The fourth-order valence-electron chi connectivity index (χ4n) is 3.59. The molecule has 0 aliphatic carbocycles. The highest BCUT2D eigenvalue weighted by atomic mass is 35.5. The van der Waals surface area contributed by atoms with Crippen molar-refractivity contribution in [2.45, 2.75) is 44.0 Å². The van der Waals surface area contributed by atoms with Crippen LogP contribution >= 0.6 is 11.6 Å². The van der Waals surface area contributed by atoms with Crippen molar-refractivity contribution in [1.82, 2.24) is 14.9 Å². The van der Waals surface area contributed by atoms with Crippen molar-refractivity contribution in [1.29, 1.82) is 0 Å². The molecule has 1 heterocycles. The number of aromatic amines is 1. The van der Waals surface area contributed by atoms with Gasteiger partial charge in [-0.05, 0) is 42.2 Å². The van der Waals surface area contributed by atoms with Crippen molar-refractivity contribution >= 4 is 21.6 Å². The Hall–Kier alpha value is -2.62. The summed E-state index contributed by atoms with van der Waals surface area (Å²) < 4.78 is 39.5. The predicted molar refractivity (Wildman–Crippen MR) is 117 cm³/mol. The van der Waals surface area contributed by atoms with Crippen LogP contribution in [0.2, 0.25) is 5.02 Å². The summed E-state index contributed by atoms with van der Waals surface area (Å²) in [5, 5.41) is 6.42. The summed E-state index contributed by atoms with van der Waals surface area (Å²) in [6.07, 6.45) is 0.836. The number of ether oxygens (including phenoxy) is 1. The summed E-state index contributed by atoms with van der Waals surface area (Å²) in [4.78, 5) is 11.5. The van der Waals surface area contributed by atoms with Crippen LogP contribution in [0.25, 0.3) is 0 Å². The van der Waals surface area contributed by atoms with E-state index in [0.29, 0.717) is 5.02 Å². The van der Waals surface area contributed by atoms with Crippen LogP contribution < -0.4 is 15.2 Å². The lowest BCUT2D eigenvalue weighted by atomic mass is 9.88. The number of hydrogen-bond acceptors (Lipinski definition) is 6. The Balaban J connectivity index is 2.08. The van der Waals surface area contributed by atoms with Crippen LogP contribution in [0, 0.1) is 6.92 Å². The van der Waals surface area contributed by atoms with Gasteiger partial charge in [0.15, 0.2) is 0 Å². The number of H-pyrrole nitrogens is 1. The molecule has 166 valence electrons. The quantitative estimate of drug-likeness (QED) is 0.524. The van der Waals surface area contributed by atoms with Crippen LogP contribution in [0.5, 0.6) is 5.75 Å². The molecule has 31 heavy (non-hydrogen) atoms. The first-order valence-electron chi connectivity index (χ1n) is 9.67. The van der Waals surface area contributed by atoms with E-state index in [4.69, 9.17) is 20.8 Å². The van der Waals surface area contributed by atoms with Gasteiger partial charge >= 0.3 is 5.76 Å². The molecule has 8 nitrogen and oxygen atoms in total. The van der Waals surface area contributed by atoms with Crippen molar-refractivity contribution in [2.75, 3.05) is 7.11 Å². The largest absolute Gasteiger partial charge is 0.495 e. The second-order valence-corrected chi connectivity index (χ2v) is 9.24. The molecule has 10 heteroatoms. The van der Waals surface area contributed by atoms with Gasteiger partial charge in [-0.1, -0.05) is 43.6 Å². The third-order valence-corrected chi connectivity index (χ3v) is 6.99. The normalized spacial score (nSPS) is 13.7. The first-order chi connectivity index (χ1) is 14.7. The van der Waals surface area contributed by atoms with Crippen molar-refractivity contribution in [3.05, 3.63) is 74.6 Å². The third kappa shape index (κ3) is 4.84. The van der Waals surface area contributed by atoms with E-state index < -0.39 is 27.7 Å². The minimum atomic E-state index is -4.09. The molecule has 0 saturated heterocycles. The minimum absolute atomic E-state index is 0.0599. The Kier molecular flexibility index (Phi) is 6.88. The lowest BCUT2D eigenvalue weighted by Crippen LogP contribution is -2.32. The van der Waals surface area contributed by atoms with Crippen molar-refractivity contribution in [3.8, 4) is 5.75 Å². The SMILES string of the molecule is CCc1cccc([C@@H](C)[C@H](NS(=O)(=O)c2ccc(Cl)cc2OC)c2n[nH]c(=O)o2)c1C. The molecule has 2 N–H and O–H groups in total. The summed E-state index contributed by atoms with van der Waals surface area (Å²) in [6, 6.07) is 9.15. The zero-order chi connectivity index (χ0) is 22.8. The molecule has 3 rings (SSSR count). The number of benzene rings is 2. The van der Waals surface area contributed by atoms with Gasteiger partial charge in [0.25, 0.3) is 0 Å². The molecule has 0 spiro atoms. The summed E-state index contributed by atoms with van der Waals surface area (Å²) in [5.74, 6) is -1.13. The maximum Gasteiger partial charge on any atom is 0.434 e. The van der Waals surface area contributed by atoms with Gasteiger partial charge < -0.3 is 9.15 Å². The Morgan fingerprint density at radius 1 is 1.29 bits per heavy atom. The maximum atomic E-state index is 13.3. The number of aromatic nitrogens is 2. The van der Waals surface area contributed by atoms with Gasteiger partial charge in [-0.15, -0.1) is 5.10 Å². The Labute approximate surface area is 185 Å². The molecule has 1 aromatic heterocycles. The number of halogens is 1. The Morgan fingerprint density at radius 2 is 2.03 bits per heavy atom. The predicted octanol–water partition coefficient (Wildman–Crippen LogP) is 3.72. The molecule has 0 unspecified atom stereocenters. The van der Waals surface area contributed by atoms with Crippen molar-refractivity contribution in [3.63, 3.8) is 0 Å². The van der Waals surface area contributed by atoms with Crippen molar-refractivity contribution in [2.24, 2.45) is 0 Å². The second-order valence-electron chi connectivity index (χ2n) is 7.12. The molecule has 2 aromatic carbocycles. The number of rotatable bonds is 8. The van der Waals surface area contributed by atoms with Crippen LogP contribution in [0.3, 0.4) is 0 Å². The molecular formula is C21H24ClN3O5S. The summed E-state index contributed by atoms with van der Waals surface area (Å²) in [6.45, 7) is 5.89. The minimum Gasteiger partial charge on any atom is -0.495 e. The van der Waals surface area contributed by atoms with Crippen LogP contribution in [0.15, 0.2) is 50.5 Å². The highest BCUT2D eigenvalue weighted by molar-refractivity contribution is 7.89. The number of aryl methyl sites for hydroxylation is 1. The molecule has 0 bridgehead atoms. The lowest BCUT2D eigenvalue weighted by molar-refractivity contribution is 0.378. The van der Waals surface area contributed by atoms with Gasteiger partial charge in [-0.2, -0.15) is 4.72 Å². The molecule has 0 aliphatic heterocycles. The van der Waals surface area contributed by atoms with E-state index in [2.05, 4.69) is 21.8 Å². The van der Waals surface area contributed by atoms with Crippen LogP contribution in [0.1, 0.15) is 48.4 Å². The summed E-state index contributed by atoms with van der Waals surface area (Å²) >= 11 is 5.97. The van der Waals surface area contributed by atoms with E-state index in [-0.39, 0.29) is 16.5 Å². The van der Waals surface area contributed by atoms with Gasteiger partial charge in [0, 0.05) is 17.0 Å². The van der Waals surface area contributed by atoms with Crippen LogP contribution in [0.4, 0.5) is 0 Å². The number of nitrogens with one attached hydrogen (secondary N) is 2. The summed E-state index contributed by atoms with van der Waals surface area (Å²) in [5.41, 5.74) is 3.11. The van der Waals surface area contributed by atoms with E-state index in [1.807, 2.05) is 32.0 Å². The molecule has 3 aromatic rings. The van der Waals surface area contributed by atoms with Crippen LogP contribution in [-0.4, -0.2) is 25.7 Å². The topological polar surface area (TPSA) is 114 Å². The van der Waals surface area contributed by atoms with Gasteiger partial charge in [0.1, 0.15) is 16.7 Å². The maximum absolute atomic E-state index is 13.3. The van der Waals surface area contributed by atoms with E-state index in [9.17, 15) is 13.2 Å². The fourth-order valence-corrected chi connectivity index (χ4v) is 5.18. The highest BCUT2D eigenvalue weighted by Gasteiger charge is 2.33. The van der Waals surface area contributed by atoms with E-state index >= 15 is 0 Å². The second kappa shape index (κ2) is 9.25. The number of nitrogens with zero attached hydrogens (tertiary/aromatic N) is 1. The first kappa shape index (κ1) is 23.1. The average Bonchev–Trinajstić information content (AvgIpc) is 3.17. The lowest BCUT2D eigenvalue weighted by Gasteiger charge is -2.25. The first-order valence-corrected chi connectivity index (χ1v) is 11.5. The van der Waals surface area contributed by atoms with Gasteiger partial charge in [-0.3, -0.25) is 0 Å². The average molecular weight is 466 g/mol. The third-order valence-electron chi connectivity index (χ3n) is 5.28. The molecule has 0 amide bonds. The standard InChI is InChI=1S/C21H24ClN3O5S/c1-5-14-7-6-8-16(12(14)2)13(3)19(20-23-24-21(26)30-20)25-31(27,28)18-10-9-15(22)11-17(18)29-4/h6-11,13,19,25H,5H2,1-4H3,(H,24,26)/t13-,19+/m1/s1. The van der Waals surface area contributed by atoms with Crippen molar-refractivity contribution < 1.29 is 17.6 Å². The molecule has 0 aliphatic rings. The Morgan fingerprint density at radius 3 is 2.65 bits per heavy atom. The molecule has 2 atom stereocenters. The molecule has 0 radical (unpaired) electrons. The Bertz CT molecular complexity index is 1240. The highest BCUT2D eigenvalue weighted by Crippen LogP contribution is 2.35. The van der Waals surface area contributed by atoms with E-state index in [1.165, 1.54) is 25.3 Å². The number of methoxy groups -OCH3 is 1. The van der Waals surface area contributed by atoms with Gasteiger partial charge in [0.05, 0.1) is 7.11 Å². The zero-order valence-electron chi connectivity index (χ0n) is 17.6. The molecule has 0 saturated carbocycles. The zero-order valence-corrected chi connectivity index (χ0v) is 19.2. The molecule has 0 fully saturated rings. The monoisotopic (exact) mass is 465 g/mol. The number of hydrogen-bond donors (Lipinski definition) is 2. The molecular weight excluding hydrogens is 442 g/mol. The van der Waals surface area contributed by atoms with Gasteiger partial charge in [-0.25, -0.2) is 18.3 Å². The number of sulfonamides is 1. The summed E-state index contributed by atoms with van der Waals surface area (Å²) in [7, 11) is -2.73. The van der Waals surface area contributed by atoms with Crippen LogP contribution in [-0.2, 0) is 16.4 Å². The smallest absolute Gasteiger partial charge is 0.434 e. The van der Waals surface area contributed by atoms with E-state index in [1.54, 1.807) is 0 Å². The van der Waals surface area contributed by atoms with E-state index in [0.717, 1.165) is 23.1 Å².